The van der Waals surface area contributed by atoms with Gasteiger partial charge < -0.3 is 19.9 Å². The molecule has 0 aliphatic carbocycles. The molecule has 2 amide bonds. The molecule has 2 heterocycles. The Balaban J connectivity index is 1.40. The van der Waals surface area contributed by atoms with Crippen LogP contribution in [0.1, 0.15) is 50.5 Å². The van der Waals surface area contributed by atoms with Crippen molar-refractivity contribution in [3.63, 3.8) is 0 Å². The molecule has 154 valence electrons. The summed E-state index contributed by atoms with van der Waals surface area (Å²) < 4.78 is 5.79. The van der Waals surface area contributed by atoms with E-state index in [-0.39, 0.29) is 18.4 Å². The van der Waals surface area contributed by atoms with E-state index in [1.165, 1.54) is 12.8 Å². The number of para-hydroxylation sites is 1. The largest absolute Gasteiger partial charge is 0.483 e. The maximum Gasteiger partial charge on any atom is 0.260 e. The molecule has 0 saturated carbocycles. The molecule has 2 aliphatic rings. The summed E-state index contributed by atoms with van der Waals surface area (Å²) in [5.41, 5.74) is 1.01. The second-order valence-corrected chi connectivity index (χ2v) is 7.71. The molecule has 0 spiro atoms. The smallest absolute Gasteiger partial charge is 0.260 e. The maximum atomic E-state index is 12.4. The minimum absolute atomic E-state index is 0.0586. The van der Waals surface area contributed by atoms with E-state index in [1.807, 2.05) is 34.1 Å². The van der Waals surface area contributed by atoms with E-state index in [1.54, 1.807) is 0 Å². The molecule has 0 bridgehead atoms. The Morgan fingerprint density at radius 1 is 0.857 bits per heavy atom. The summed E-state index contributed by atoms with van der Waals surface area (Å²) >= 11 is 0. The first-order valence-corrected chi connectivity index (χ1v) is 10.7. The van der Waals surface area contributed by atoms with E-state index >= 15 is 0 Å². The van der Waals surface area contributed by atoms with Crippen LogP contribution < -0.4 is 10.1 Å². The van der Waals surface area contributed by atoms with Crippen LogP contribution in [0.15, 0.2) is 24.3 Å². The number of hydrogen-bond donors (Lipinski definition) is 1. The van der Waals surface area contributed by atoms with Crippen LogP contribution >= 0.6 is 0 Å². The van der Waals surface area contributed by atoms with Crippen molar-refractivity contribution in [3.05, 3.63) is 29.8 Å². The van der Waals surface area contributed by atoms with Crippen molar-refractivity contribution in [1.82, 2.24) is 15.1 Å². The number of amides is 2. The van der Waals surface area contributed by atoms with Crippen LogP contribution in [0.4, 0.5) is 0 Å². The van der Waals surface area contributed by atoms with Gasteiger partial charge in [0.15, 0.2) is 6.61 Å². The van der Waals surface area contributed by atoms with Gasteiger partial charge in [-0.05, 0) is 31.7 Å². The van der Waals surface area contributed by atoms with Crippen molar-refractivity contribution in [1.29, 1.82) is 0 Å². The van der Waals surface area contributed by atoms with Gasteiger partial charge in [-0.2, -0.15) is 0 Å². The first-order valence-electron chi connectivity index (χ1n) is 10.7. The second-order valence-electron chi connectivity index (χ2n) is 7.71. The van der Waals surface area contributed by atoms with Crippen LogP contribution in [0.3, 0.4) is 0 Å². The zero-order valence-electron chi connectivity index (χ0n) is 16.8. The topological polar surface area (TPSA) is 61.9 Å². The van der Waals surface area contributed by atoms with Gasteiger partial charge in [-0.1, -0.05) is 31.0 Å². The monoisotopic (exact) mass is 387 g/mol. The van der Waals surface area contributed by atoms with E-state index in [9.17, 15) is 9.59 Å². The number of likely N-dealkylation sites (tertiary alicyclic amines) is 2. The van der Waals surface area contributed by atoms with Crippen LogP contribution in [-0.2, 0) is 16.1 Å². The number of hydrogen-bond acceptors (Lipinski definition) is 4. The zero-order valence-corrected chi connectivity index (χ0v) is 16.8. The highest BCUT2D eigenvalue weighted by Gasteiger charge is 2.18. The number of nitrogens with zero attached hydrogens (tertiary/aromatic N) is 2. The number of benzene rings is 1. The Labute approximate surface area is 168 Å². The Morgan fingerprint density at radius 3 is 2.18 bits per heavy atom. The van der Waals surface area contributed by atoms with Gasteiger partial charge in [0.2, 0.25) is 5.91 Å². The average molecular weight is 388 g/mol. The Bertz CT molecular complexity index is 636. The third-order valence-corrected chi connectivity index (χ3v) is 5.57. The zero-order chi connectivity index (χ0) is 19.6. The molecule has 2 saturated heterocycles. The lowest BCUT2D eigenvalue weighted by molar-refractivity contribution is -0.132. The molecule has 1 N–H and O–H groups in total. The molecule has 2 fully saturated rings. The second kappa shape index (κ2) is 11.1. The third-order valence-electron chi connectivity index (χ3n) is 5.57. The first kappa shape index (κ1) is 20.6. The summed E-state index contributed by atoms with van der Waals surface area (Å²) in [6, 6.07) is 7.78. The number of carbonyl (C=O) groups excluding carboxylic acids is 2. The Hall–Kier alpha value is -2.08. The summed E-state index contributed by atoms with van der Waals surface area (Å²) in [7, 11) is 0. The molecular weight excluding hydrogens is 354 g/mol. The predicted octanol–water partition coefficient (Wildman–Crippen LogP) is 2.57. The van der Waals surface area contributed by atoms with Crippen LogP contribution in [0.25, 0.3) is 0 Å². The van der Waals surface area contributed by atoms with Crippen LogP contribution in [-0.4, -0.2) is 60.9 Å². The molecule has 1 aromatic carbocycles. The van der Waals surface area contributed by atoms with Crippen molar-refractivity contribution in [3.8, 4) is 5.75 Å². The van der Waals surface area contributed by atoms with Crippen LogP contribution in [0.5, 0.6) is 5.75 Å². The molecule has 2 aliphatic heterocycles. The number of carbonyl (C=O) groups is 2. The Kier molecular flexibility index (Phi) is 8.15. The minimum atomic E-state index is 0.0586. The number of ether oxygens (including phenoxy) is 1. The van der Waals surface area contributed by atoms with Crippen molar-refractivity contribution < 1.29 is 14.3 Å². The lowest BCUT2D eigenvalue weighted by atomic mass is 10.2. The highest BCUT2D eigenvalue weighted by Crippen LogP contribution is 2.18. The molecule has 0 unspecified atom stereocenters. The lowest BCUT2D eigenvalue weighted by Gasteiger charge is -2.20. The predicted molar refractivity (Wildman–Crippen MR) is 109 cm³/mol. The highest BCUT2D eigenvalue weighted by molar-refractivity contribution is 5.78. The molecule has 0 aromatic heterocycles. The van der Waals surface area contributed by atoms with E-state index in [2.05, 4.69) is 5.32 Å². The van der Waals surface area contributed by atoms with Gasteiger partial charge in [0, 0.05) is 51.3 Å². The van der Waals surface area contributed by atoms with Crippen molar-refractivity contribution >= 4 is 11.8 Å². The van der Waals surface area contributed by atoms with E-state index in [0.29, 0.717) is 19.5 Å². The summed E-state index contributed by atoms with van der Waals surface area (Å²) in [4.78, 5) is 28.4. The van der Waals surface area contributed by atoms with Gasteiger partial charge in [-0.3, -0.25) is 9.59 Å². The van der Waals surface area contributed by atoms with Gasteiger partial charge >= 0.3 is 0 Å². The highest BCUT2D eigenvalue weighted by atomic mass is 16.5. The molecule has 6 heteroatoms. The van der Waals surface area contributed by atoms with Gasteiger partial charge in [-0.15, -0.1) is 0 Å². The lowest BCUT2D eigenvalue weighted by Crippen LogP contribution is -2.34. The average Bonchev–Trinajstić information content (AvgIpc) is 3.12. The fraction of sp³-hybridized carbons (Fsp3) is 0.636. The fourth-order valence-corrected chi connectivity index (χ4v) is 3.88. The Morgan fingerprint density at radius 2 is 1.46 bits per heavy atom. The molecule has 28 heavy (non-hydrogen) atoms. The quantitative estimate of drug-likeness (QED) is 0.697. The van der Waals surface area contributed by atoms with Gasteiger partial charge in [0.1, 0.15) is 5.75 Å². The third kappa shape index (κ3) is 6.23. The SMILES string of the molecule is O=C(CCNCc1ccccc1OCC(=O)N1CCCC1)N1CCCCCC1. The fourth-order valence-electron chi connectivity index (χ4n) is 3.88. The minimum Gasteiger partial charge on any atom is -0.483 e. The van der Waals surface area contributed by atoms with Crippen LogP contribution in [0.2, 0.25) is 0 Å². The normalized spacial score (nSPS) is 17.4. The summed E-state index contributed by atoms with van der Waals surface area (Å²) in [6.45, 7) is 4.86. The number of nitrogens with one attached hydrogen (secondary N) is 1. The molecular formula is C22H33N3O3. The molecule has 3 rings (SSSR count). The van der Waals surface area contributed by atoms with Crippen molar-refractivity contribution in [2.45, 2.75) is 51.5 Å². The van der Waals surface area contributed by atoms with Gasteiger partial charge in [0.25, 0.3) is 5.91 Å². The molecule has 0 radical (unpaired) electrons. The van der Waals surface area contributed by atoms with Crippen molar-refractivity contribution in [2.24, 2.45) is 0 Å². The van der Waals surface area contributed by atoms with E-state index in [4.69, 9.17) is 4.74 Å². The summed E-state index contributed by atoms with van der Waals surface area (Å²) in [5.74, 6) is 1.04. The molecule has 0 atom stereocenters. The molecule has 6 nitrogen and oxygen atoms in total. The molecule has 1 aromatic rings. The van der Waals surface area contributed by atoms with Gasteiger partial charge in [-0.25, -0.2) is 0 Å². The first-order chi connectivity index (χ1) is 13.7. The summed E-state index contributed by atoms with van der Waals surface area (Å²) in [5, 5.41) is 3.35. The van der Waals surface area contributed by atoms with E-state index in [0.717, 1.165) is 63.2 Å². The van der Waals surface area contributed by atoms with Crippen molar-refractivity contribution in [2.75, 3.05) is 39.3 Å². The van der Waals surface area contributed by atoms with E-state index < -0.39 is 0 Å². The maximum absolute atomic E-state index is 12.4. The van der Waals surface area contributed by atoms with Gasteiger partial charge in [0.05, 0.1) is 0 Å². The van der Waals surface area contributed by atoms with Crippen LogP contribution in [0, 0.1) is 0 Å². The standard InChI is InChI=1S/C22H33N3O3/c26-21(24-13-5-1-2-6-14-24)11-12-23-17-19-9-3-4-10-20(19)28-18-22(27)25-15-7-8-16-25/h3-4,9-10,23H,1-2,5-8,11-18H2. The number of rotatable bonds is 8. The summed E-state index contributed by atoms with van der Waals surface area (Å²) in [6.07, 6.45) is 7.42.